The Morgan fingerprint density at radius 3 is 2.48 bits per heavy atom. The van der Waals surface area contributed by atoms with Crippen molar-refractivity contribution in [1.29, 1.82) is 0 Å². The van der Waals surface area contributed by atoms with E-state index in [4.69, 9.17) is 15.9 Å². The smallest absolute Gasteiger partial charge is 0.326 e. The van der Waals surface area contributed by atoms with E-state index in [0.29, 0.717) is 19.4 Å². The van der Waals surface area contributed by atoms with Gasteiger partial charge in [0.05, 0.1) is 19.2 Å². The van der Waals surface area contributed by atoms with Gasteiger partial charge in [0.1, 0.15) is 12.1 Å². The van der Waals surface area contributed by atoms with Gasteiger partial charge in [0.15, 0.2) is 0 Å². The molecule has 1 fully saturated rings. The van der Waals surface area contributed by atoms with Crippen molar-refractivity contribution < 1.29 is 29.4 Å². The molecule has 0 saturated carbocycles. The highest BCUT2D eigenvalue weighted by Crippen LogP contribution is 2.17. The van der Waals surface area contributed by atoms with E-state index in [1.807, 2.05) is 0 Å². The first kappa shape index (κ1) is 18.8. The van der Waals surface area contributed by atoms with Crippen molar-refractivity contribution in [1.82, 2.24) is 15.5 Å². The van der Waals surface area contributed by atoms with Crippen molar-refractivity contribution in [3.63, 3.8) is 0 Å². The Balaban J connectivity index is 2.52. The number of hydrogen-bond acceptors (Lipinski definition) is 6. The fourth-order valence-corrected chi connectivity index (χ4v) is 2.21. The van der Waals surface area contributed by atoms with E-state index in [-0.39, 0.29) is 0 Å². The van der Waals surface area contributed by atoms with Gasteiger partial charge in [-0.05, 0) is 19.8 Å². The number of carbonyl (C=O) groups excluding carboxylic acids is 3. The Hall–Kier alpha value is -2.20. The summed E-state index contributed by atoms with van der Waals surface area (Å²) in [5.74, 6) is -2.98. The van der Waals surface area contributed by atoms with Gasteiger partial charge in [0.25, 0.3) is 0 Å². The number of likely N-dealkylation sites (tertiary alicyclic amines) is 1. The van der Waals surface area contributed by atoms with Crippen LogP contribution in [0.1, 0.15) is 19.8 Å². The van der Waals surface area contributed by atoms with Crippen LogP contribution < -0.4 is 16.4 Å². The summed E-state index contributed by atoms with van der Waals surface area (Å²) in [6.45, 7) is 0.675. The van der Waals surface area contributed by atoms with Crippen LogP contribution in [0.15, 0.2) is 0 Å². The van der Waals surface area contributed by atoms with Crippen LogP contribution >= 0.6 is 0 Å². The Labute approximate surface area is 133 Å². The van der Waals surface area contributed by atoms with Gasteiger partial charge >= 0.3 is 5.97 Å². The Bertz CT molecular complexity index is 481. The molecule has 23 heavy (non-hydrogen) atoms. The van der Waals surface area contributed by atoms with Crippen LogP contribution in [0.2, 0.25) is 0 Å². The molecule has 3 unspecified atom stereocenters. The number of aliphatic carboxylic acids is 1. The van der Waals surface area contributed by atoms with Crippen LogP contribution in [0, 0.1) is 0 Å². The van der Waals surface area contributed by atoms with Crippen molar-refractivity contribution in [2.75, 3.05) is 19.7 Å². The summed E-state index contributed by atoms with van der Waals surface area (Å²) >= 11 is 0. The van der Waals surface area contributed by atoms with Crippen LogP contribution in [-0.2, 0) is 19.2 Å². The molecular weight excluding hydrogens is 308 g/mol. The van der Waals surface area contributed by atoms with E-state index in [2.05, 4.69) is 10.6 Å². The minimum Gasteiger partial charge on any atom is -0.480 e. The molecule has 1 aliphatic rings. The third-order valence-corrected chi connectivity index (χ3v) is 3.50. The first-order valence-corrected chi connectivity index (χ1v) is 7.24. The van der Waals surface area contributed by atoms with Crippen molar-refractivity contribution in [2.24, 2.45) is 5.73 Å². The van der Waals surface area contributed by atoms with Gasteiger partial charge in [-0.25, -0.2) is 4.79 Å². The van der Waals surface area contributed by atoms with Crippen LogP contribution in [0.3, 0.4) is 0 Å². The Morgan fingerprint density at radius 1 is 1.30 bits per heavy atom. The third kappa shape index (κ3) is 5.18. The lowest BCUT2D eigenvalue weighted by molar-refractivity contribution is -0.148. The molecule has 0 aliphatic carbocycles. The lowest BCUT2D eigenvalue weighted by Gasteiger charge is -2.22. The zero-order valence-electron chi connectivity index (χ0n) is 12.8. The van der Waals surface area contributed by atoms with Gasteiger partial charge in [0, 0.05) is 6.54 Å². The minimum absolute atomic E-state index is 0.316. The van der Waals surface area contributed by atoms with Crippen LogP contribution in [0.5, 0.6) is 0 Å². The average molecular weight is 330 g/mol. The summed E-state index contributed by atoms with van der Waals surface area (Å²) < 4.78 is 0. The molecular formula is C13H22N4O6. The molecule has 0 aromatic rings. The van der Waals surface area contributed by atoms with Gasteiger partial charge in [-0.15, -0.1) is 0 Å². The molecule has 1 heterocycles. The van der Waals surface area contributed by atoms with E-state index in [1.165, 1.54) is 11.8 Å². The molecule has 0 radical (unpaired) electrons. The van der Waals surface area contributed by atoms with Crippen molar-refractivity contribution in [2.45, 2.75) is 37.9 Å². The maximum absolute atomic E-state index is 12.0. The zero-order chi connectivity index (χ0) is 17.6. The monoisotopic (exact) mass is 330 g/mol. The molecule has 10 heteroatoms. The van der Waals surface area contributed by atoms with Gasteiger partial charge in [0.2, 0.25) is 17.7 Å². The van der Waals surface area contributed by atoms with E-state index in [9.17, 15) is 19.2 Å². The number of carbonyl (C=O) groups is 4. The van der Waals surface area contributed by atoms with Crippen LogP contribution in [0.25, 0.3) is 0 Å². The molecule has 6 N–H and O–H groups in total. The molecule has 10 nitrogen and oxygen atoms in total. The highest BCUT2D eigenvalue weighted by molar-refractivity contribution is 5.92. The van der Waals surface area contributed by atoms with Crippen LogP contribution in [-0.4, -0.2) is 76.6 Å². The summed E-state index contributed by atoms with van der Waals surface area (Å²) in [6, 6.07) is -2.96. The average Bonchev–Trinajstić information content (AvgIpc) is 2.99. The lowest BCUT2D eigenvalue weighted by atomic mass is 10.2. The number of rotatable bonds is 7. The molecule has 0 aromatic heterocycles. The quantitative estimate of drug-likeness (QED) is 0.332. The molecule has 1 saturated heterocycles. The Kier molecular flexibility index (Phi) is 6.91. The number of amides is 3. The molecule has 130 valence electrons. The molecule has 0 spiro atoms. The summed E-state index contributed by atoms with van der Waals surface area (Å²) in [7, 11) is 0. The maximum atomic E-state index is 12.0. The number of nitrogens with one attached hydrogen (secondary N) is 2. The number of nitrogens with two attached hydrogens (primary N) is 1. The van der Waals surface area contributed by atoms with Gasteiger partial charge in [-0.1, -0.05) is 0 Å². The SMILES string of the molecule is CC(N)C(=O)NC(CO)C(=O)NCC(=O)N1CCCC1C(=O)O. The summed E-state index contributed by atoms with van der Waals surface area (Å²) in [6.07, 6.45) is 0.957. The number of aliphatic hydroxyl groups excluding tert-OH is 1. The van der Waals surface area contributed by atoms with Crippen LogP contribution in [0.4, 0.5) is 0 Å². The Morgan fingerprint density at radius 2 is 1.96 bits per heavy atom. The normalized spacial score (nSPS) is 19.8. The lowest BCUT2D eigenvalue weighted by Crippen LogP contribution is -2.54. The zero-order valence-corrected chi connectivity index (χ0v) is 12.8. The first-order valence-electron chi connectivity index (χ1n) is 7.24. The molecule has 0 bridgehead atoms. The van der Waals surface area contributed by atoms with Crippen molar-refractivity contribution >= 4 is 23.7 Å². The van der Waals surface area contributed by atoms with Crippen molar-refractivity contribution in [3.05, 3.63) is 0 Å². The summed E-state index contributed by atoms with van der Waals surface area (Å²) in [5.41, 5.74) is 5.35. The number of hydrogen-bond donors (Lipinski definition) is 5. The summed E-state index contributed by atoms with van der Waals surface area (Å²) in [5, 5.41) is 22.7. The largest absolute Gasteiger partial charge is 0.480 e. The number of carboxylic acid groups (broad SMARTS) is 1. The third-order valence-electron chi connectivity index (χ3n) is 3.50. The molecule has 3 atom stereocenters. The van der Waals surface area contributed by atoms with Gasteiger partial charge in [-0.2, -0.15) is 0 Å². The number of carboxylic acids is 1. The second-order valence-electron chi connectivity index (χ2n) is 5.33. The maximum Gasteiger partial charge on any atom is 0.326 e. The summed E-state index contributed by atoms with van der Waals surface area (Å²) in [4.78, 5) is 47.5. The van der Waals surface area contributed by atoms with Gasteiger partial charge < -0.3 is 31.5 Å². The molecule has 1 rings (SSSR count). The second kappa shape index (κ2) is 8.44. The van der Waals surface area contributed by atoms with Crippen molar-refractivity contribution in [3.8, 4) is 0 Å². The molecule has 3 amide bonds. The predicted octanol–water partition coefficient (Wildman–Crippen LogP) is -3.00. The second-order valence-corrected chi connectivity index (χ2v) is 5.33. The van der Waals surface area contributed by atoms with E-state index >= 15 is 0 Å². The predicted molar refractivity (Wildman–Crippen MR) is 78.0 cm³/mol. The first-order chi connectivity index (χ1) is 10.8. The number of nitrogens with zero attached hydrogens (tertiary/aromatic N) is 1. The van der Waals surface area contributed by atoms with E-state index in [0.717, 1.165) is 0 Å². The minimum atomic E-state index is -1.23. The molecule has 0 aromatic carbocycles. The highest BCUT2D eigenvalue weighted by atomic mass is 16.4. The van der Waals surface area contributed by atoms with E-state index < -0.39 is 55.0 Å². The number of aliphatic hydroxyl groups is 1. The van der Waals surface area contributed by atoms with Gasteiger partial charge in [-0.3, -0.25) is 14.4 Å². The topological polar surface area (TPSA) is 162 Å². The standard InChI is InChI=1S/C13H22N4O6/c1-7(14)11(20)16-8(6-18)12(21)15-5-10(19)17-4-2-3-9(17)13(22)23/h7-9,18H,2-6,14H2,1H3,(H,15,21)(H,16,20)(H,22,23). The highest BCUT2D eigenvalue weighted by Gasteiger charge is 2.34. The molecule has 1 aliphatic heterocycles. The van der Waals surface area contributed by atoms with E-state index in [1.54, 1.807) is 0 Å². The fourth-order valence-electron chi connectivity index (χ4n) is 2.21. The fraction of sp³-hybridized carbons (Fsp3) is 0.692.